The van der Waals surface area contributed by atoms with Crippen molar-refractivity contribution in [3.8, 4) is 23.0 Å². The van der Waals surface area contributed by atoms with E-state index in [0.29, 0.717) is 6.54 Å². The topological polar surface area (TPSA) is 219 Å². The number of allylic oxidation sites excluding steroid dienone is 2. The molecule has 0 radical (unpaired) electrons. The van der Waals surface area contributed by atoms with Crippen LogP contribution in [-0.4, -0.2) is 94.5 Å². The van der Waals surface area contributed by atoms with Crippen LogP contribution in [0, 0.1) is 30.6 Å². The number of ether oxygens (including phenoxy) is 5. The number of aromatic hydroxyl groups is 2. The monoisotopic (exact) mass is 782 g/mol. The van der Waals surface area contributed by atoms with Crippen LogP contribution in [0.1, 0.15) is 71.3 Å². The van der Waals surface area contributed by atoms with Crippen LogP contribution in [-0.2, 0) is 28.6 Å². The number of hydrogen-bond acceptors (Lipinski definition) is 13. The Balaban J connectivity index is 1.93. The van der Waals surface area contributed by atoms with Crippen molar-refractivity contribution in [1.29, 1.82) is 0 Å². The number of phenols is 2. The quantitative estimate of drug-likeness (QED) is 0.175. The number of methoxy groups -OCH3 is 1. The van der Waals surface area contributed by atoms with Crippen LogP contribution in [0.5, 0.6) is 23.0 Å². The van der Waals surface area contributed by atoms with Crippen molar-refractivity contribution < 1.29 is 63.3 Å². The van der Waals surface area contributed by atoms with Crippen molar-refractivity contribution in [3.05, 3.63) is 53.3 Å². The van der Waals surface area contributed by atoms with Crippen LogP contribution < -0.4 is 20.1 Å². The van der Waals surface area contributed by atoms with Gasteiger partial charge in [-0.05, 0) is 26.8 Å². The van der Waals surface area contributed by atoms with E-state index < -0.39 is 95.5 Å². The highest BCUT2D eigenvalue weighted by molar-refractivity contribution is 6.21. The fraction of sp³-hybridized carbons (Fsp3) is 0.512. The first-order valence-electron chi connectivity index (χ1n) is 18.5. The van der Waals surface area contributed by atoms with Crippen LogP contribution >= 0.6 is 0 Å². The number of benzene rings is 2. The van der Waals surface area contributed by atoms with E-state index in [1.54, 1.807) is 46.8 Å². The number of aliphatic hydroxyl groups excluding tert-OH is 2. The number of aliphatic hydroxyl groups is 2. The molecule has 306 valence electrons. The van der Waals surface area contributed by atoms with Gasteiger partial charge in [-0.15, -0.1) is 0 Å². The fourth-order valence-corrected chi connectivity index (χ4v) is 7.14. The van der Waals surface area contributed by atoms with Gasteiger partial charge in [0.1, 0.15) is 23.4 Å². The van der Waals surface area contributed by atoms with E-state index in [9.17, 15) is 39.6 Å². The maximum Gasteiger partial charge on any atom is 0.312 e. The zero-order valence-corrected chi connectivity index (χ0v) is 33.5. The van der Waals surface area contributed by atoms with E-state index in [1.165, 1.54) is 59.3 Å². The zero-order valence-electron chi connectivity index (χ0n) is 33.5. The number of ketones is 1. The largest absolute Gasteiger partial charge is 0.507 e. The Kier molecular flexibility index (Phi) is 13.8. The number of amides is 2. The summed E-state index contributed by atoms with van der Waals surface area (Å²) in [5.74, 6) is -8.18. The van der Waals surface area contributed by atoms with Gasteiger partial charge in [-0.1, -0.05) is 45.9 Å². The second kappa shape index (κ2) is 17.8. The highest BCUT2D eigenvalue weighted by Crippen LogP contribution is 2.54. The second-order valence-corrected chi connectivity index (χ2v) is 14.6. The molecule has 3 heterocycles. The number of esters is 1. The summed E-state index contributed by atoms with van der Waals surface area (Å²) in [6.07, 6.45) is 3.57. The fourth-order valence-electron chi connectivity index (χ4n) is 7.14. The maximum absolute atomic E-state index is 14.3. The molecule has 0 spiro atoms. The molecule has 0 unspecified atom stereocenters. The van der Waals surface area contributed by atoms with Gasteiger partial charge in [0, 0.05) is 73.8 Å². The standard InChI is InChI=1S/C41H54N2O13/c1-11-42-29(45)18-53-28-17-26-36(49)31-30(28)32-38(24(7)35(31)48)56-41(9,39(32)50)54-16-15-27(52-10)21(4)37(55-25(8)44)23(6)34(47)22(5)33(46)19(2)13-12-14-20(3)40(51)43-26/h12-17,19,21-23,27,33-34,37,46-49H,11,18H2,1-10H3,(H,42,45)(H,43,51)/b13-12+,16-15+,20-14-/t19-,21+,22+,23+,27-,33-,34+,37+,41-/m0/s1. The Hall–Kier alpha value is -5.12. The third-order valence-corrected chi connectivity index (χ3v) is 10.6. The molecular formula is C41H54N2O13. The van der Waals surface area contributed by atoms with Crippen LogP contribution in [0.3, 0.4) is 0 Å². The van der Waals surface area contributed by atoms with Gasteiger partial charge < -0.3 is 54.7 Å². The van der Waals surface area contributed by atoms with Gasteiger partial charge in [-0.25, -0.2) is 0 Å². The summed E-state index contributed by atoms with van der Waals surface area (Å²) in [6.45, 7) is 14.0. The number of anilines is 1. The first kappa shape index (κ1) is 43.6. The van der Waals surface area contributed by atoms with Gasteiger partial charge in [0.25, 0.3) is 17.6 Å². The molecule has 5 bridgehead atoms. The number of phenolic OH excluding ortho intramolecular Hbond substituents is 2. The van der Waals surface area contributed by atoms with Crippen molar-refractivity contribution in [2.24, 2.45) is 23.7 Å². The molecule has 0 saturated carbocycles. The lowest BCUT2D eigenvalue weighted by molar-refractivity contribution is -0.160. The molecule has 56 heavy (non-hydrogen) atoms. The average molecular weight is 783 g/mol. The summed E-state index contributed by atoms with van der Waals surface area (Å²) < 4.78 is 29.4. The third kappa shape index (κ3) is 8.79. The molecule has 6 N–H and O–H groups in total. The molecule has 3 aliphatic heterocycles. The predicted octanol–water partition coefficient (Wildman–Crippen LogP) is 4.56. The van der Waals surface area contributed by atoms with E-state index >= 15 is 0 Å². The molecule has 2 aromatic rings. The summed E-state index contributed by atoms with van der Waals surface area (Å²) >= 11 is 0. The molecule has 2 amide bonds. The molecule has 2 aromatic carbocycles. The van der Waals surface area contributed by atoms with E-state index in [2.05, 4.69) is 10.6 Å². The van der Waals surface area contributed by atoms with Gasteiger partial charge in [0.05, 0.1) is 41.2 Å². The Morgan fingerprint density at radius 2 is 1.66 bits per heavy atom. The normalized spacial score (nSPS) is 30.8. The van der Waals surface area contributed by atoms with Crippen LogP contribution in [0.2, 0.25) is 0 Å². The number of nitrogens with one attached hydrogen (secondary N) is 2. The summed E-state index contributed by atoms with van der Waals surface area (Å²) in [5.41, 5.74) is -0.0351. The van der Waals surface area contributed by atoms with Gasteiger partial charge in [0.2, 0.25) is 0 Å². The lowest BCUT2D eigenvalue weighted by Gasteiger charge is -2.38. The molecule has 15 nitrogen and oxygen atoms in total. The van der Waals surface area contributed by atoms with E-state index in [-0.39, 0.29) is 44.7 Å². The summed E-state index contributed by atoms with van der Waals surface area (Å²) in [5, 5.41) is 50.7. The van der Waals surface area contributed by atoms with Crippen molar-refractivity contribution in [2.45, 2.75) is 92.5 Å². The minimum absolute atomic E-state index is 0.0639. The molecule has 3 aliphatic rings. The zero-order chi connectivity index (χ0) is 41.8. The SMILES string of the molecule is CCNC(=O)COc1cc2c(O)c3c(O)c(C)c4c(c13)C(=O)[C@@](C)(O/C=C/[C@H](OC)[C@@H](C)[C@@H](OC(C)=O)[C@H](C)[C@H](O)[C@H](C)[C@@H](O)[C@@H](C)/C=C/C=C(/C)C(=O)N2)O4. The highest BCUT2D eigenvalue weighted by Gasteiger charge is 2.49. The van der Waals surface area contributed by atoms with E-state index in [0.717, 1.165) is 0 Å². The number of hydrogen-bond donors (Lipinski definition) is 6. The van der Waals surface area contributed by atoms with Crippen molar-refractivity contribution in [2.75, 3.05) is 25.6 Å². The Bertz CT molecular complexity index is 1940. The number of carbonyl (C=O) groups excluding carboxylic acids is 4. The molecule has 9 atom stereocenters. The smallest absolute Gasteiger partial charge is 0.312 e. The molecule has 15 heteroatoms. The van der Waals surface area contributed by atoms with Crippen molar-refractivity contribution in [3.63, 3.8) is 0 Å². The molecule has 5 rings (SSSR count). The summed E-state index contributed by atoms with van der Waals surface area (Å²) in [6, 6.07) is 1.24. The number of fused-ring (bicyclic) bond motifs is 14. The molecular weight excluding hydrogens is 728 g/mol. The Morgan fingerprint density at radius 3 is 2.29 bits per heavy atom. The summed E-state index contributed by atoms with van der Waals surface area (Å²) in [7, 11) is 1.43. The number of likely N-dealkylation sites (N-methyl/N-ethyl adjacent to an activating group) is 1. The summed E-state index contributed by atoms with van der Waals surface area (Å²) in [4.78, 5) is 52.6. The maximum atomic E-state index is 14.3. The lowest BCUT2D eigenvalue weighted by atomic mass is 9.78. The Labute approximate surface area is 326 Å². The molecule has 0 aliphatic carbocycles. The van der Waals surface area contributed by atoms with Gasteiger partial charge in [0.15, 0.2) is 12.4 Å². The molecule has 0 saturated heterocycles. The van der Waals surface area contributed by atoms with Crippen LogP contribution in [0.25, 0.3) is 10.8 Å². The van der Waals surface area contributed by atoms with Gasteiger partial charge in [-0.2, -0.15) is 0 Å². The highest BCUT2D eigenvalue weighted by atomic mass is 16.7. The van der Waals surface area contributed by atoms with Crippen molar-refractivity contribution >= 4 is 40.0 Å². The predicted molar refractivity (Wildman–Crippen MR) is 206 cm³/mol. The number of carbonyl (C=O) groups is 4. The van der Waals surface area contributed by atoms with Crippen LogP contribution in [0.15, 0.2) is 42.2 Å². The van der Waals surface area contributed by atoms with Gasteiger partial charge >= 0.3 is 11.8 Å². The van der Waals surface area contributed by atoms with E-state index in [1.807, 2.05) is 0 Å². The number of rotatable bonds is 6. The lowest BCUT2D eigenvalue weighted by Crippen LogP contribution is -2.46. The minimum atomic E-state index is -2.02. The van der Waals surface area contributed by atoms with Crippen LogP contribution in [0.4, 0.5) is 5.69 Å². The molecule has 0 fully saturated rings. The second-order valence-electron chi connectivity index (χ2n) is 14.6. The first-order chi connectivity index (χ1) is 26.3. The van der Waals surface area contributed by atoms with Crippen molar-refractivity contribution in [1.82, 2.24) is 5.32 Å². The average Bonchev–Trinajstić information content (AvgIpc) is 3.42. The van der Waals surface area contributed by atoms with Gasteiger partial charge in [-0.3, -0.25) is 19.2 Å². The Morgan fingerprint density at radius 1 is 0.982 bits per heavy atom. The third-order valence-electron chi connectivity index (χ3n) is 10.6. The number of Topliss-reactive ketones (excluding diaryl/α,β-unsaturated/α-hetero) is 1. The molecule has 0 aromatic heterocycles. The minimum Gasteiger partial charge on any atom is -0.507 e. The first-order valence-corrected chi connectivity index (χ1v) is 18.5. The van der Waals surface area contributed by atoms with E-state index in [4.69, 9.17) is 23.7 Å².